The number of anilines is 2. The van der Waals surface area contributed by atoms with Gasteiger partial charge in [0.1, 0.15) is 17.7 Å². The van der Waals surface area contributed by atoms with Gasteiger partial charge in [-0.15, -0.1) is 0 Å². The molecule has 0 aliphatic carbocycles. The Morgan fingerprint density at radius 2 is 2.18 bits per heavy atom. The molecule has 1 unspecified atom stereocenters. The van der Waals surface area contributed by atoms with Crippen molar-refractivity contribution < 1.29 is 18.5 Å². The fourth-order valence-electron chi connectivity index (χ4n) is 3.06. The van der Waals surface area contributed by atoms with E-state index in [0.29, 0.717) is 12.2 Å². The molecule has 0 radical (unpaired) electrons. The molecule has 0 amide bonds. The van der Waals surface area contributed by atoms with E-state index < -0.39 is 17.2 Å². The molecule has 3 aromatic rings. The maximum Gasteiger partial charge on any atom is 0.298 e. The van der Waals surface area contributed by atoms with Crippen molar-refractivity contribution in [1.29, 1.82) is 0 Å². The van der Waals surface area contributed by atoms with Gasteiger partial charge >= 0.3 is 0 Å². The average molecular weight is 488 g/mol. The van der Waals surface area contributed by atoms with Crippen molar-refractivity contribution in [2.45, 2.75) is 17.9 Å². The van der Waals surface area contributed by atoms with E-state index in [0.717, 1.165) is 22.7 Å². The number of carbonyl (C=O) groups is 1. The summed E-state index contributed by atoms with van der Waals surface area (Å²) in [6.45, 7) is 2.73. The summed E-state index contributed by atoms with van der Waals surface area (Å²) in [4.78, 5) is 16.6. The van der Waals surface area contributed by atoms with Gasteiger partial charge in [0.05, 0.1) is 18.3 Å². The number of halogens is 1. The van der Waals surface area contributed by atoms with E-state index in [-0.39, 0.29) is 28.3 Å². The quantitative estimate of drug-likeness (QED) is 0.270. The SMILES string of the molecule is CNCC#Cc1ccccc1[C@@H](C)N(C)c1cc(F)c([S+]([O-])Nc2ncns2)cc1OC=O. The van der Waals surface area contributed by atoms with E-state index >= 15 is 0 Å². The molecule has 2 atom stereocenters. The number of nitrogens with zero attached hydrogens (tertiary/aromatic N) is 3. The minimum atomic E-state index is -1.97. The van der Waals surface area contributed by atoms with Crippen molar-refractivity contribution in [1.82, 2.24) is 14.7 Å². The van der Waals surface area contributed by atoms with Crippen LogP contribution in [0.4, 0.5) is 15.2 Å². The summed E-state index contributed by atoms with van der Waals surface area (Å²) in [5, 5.41) is 3.25. The summed E-state index contributed by atoms with van der Waals surface area (Å²) >= 11 is -0.985. The van der Waals surface area contributed by atoms with E-state index in [1.54, 1.807) is 11.9 Å². The first-order chi connectivity index (χ1) is 16.0. The maximum absolute atomic E-state index is 15.0. The van der Waals surface area contributed by atoms with Gasteiger partial charge in [-0.1, -0.05) is 30.0 Å². The Morgan fingerprint density at radius 3 is 2.88 bits per heavy atom. The number of rotatable bonds is 9. The lowest BCUT2D eigenvalue weighted by molar-refractivity contribution is -0.120. The van der Waals surface area contributed by atoms with Gasteiger partial charge in [0.25, 0.3) is 6.47 Å². The van der Waals surface area contributed by atoms with E-state index in [2.05, 4.69) is 31.2 Å². The van der Waals surface area contributed by atoms with Crippen molar-refractivity contribution >= 4 is 40.2 Å². The Bertz CT molecular complexity index is 1150. The van der Waals surface area contributed by atoms with Gasteiger partial charge in [-0.3, -0.25) is 4.79 Å². The highest BCUT2D eigenvalue weighted by Crippen LogP contribution is 2.37. The second kappa shape index (κ2) is 11.6. The van der Waals surface area contributed by atoms with Crippen molar-refractivity contribution in [3.8, 4) is 17.6 Å². The lowest BCUT2D eigenvalue weighted by Gasteiger charge is -2.29. The third-order valence-corrected chi connectivity index (χ3v) is 6.59. The molecule has 0 saturated carbocycles. The Kier molecular flexibility index (Phi) is 8.62. The average Bonchev–Trinajstić information content (AvgIpc) is 3.32. The predicted octanol–water partition coefficient (Wildman–Crippen LogP) is 3.12. The monoisotopic (exact) mass is 487 g/mol. The van der Waals surface area contributed by atoms with Crippen molar-refractivity contribution in [3.05, 3.63) is 59.7 Å². The number of nitrogens with one attached hydrogen (secondary N) is 2. The molecule has 0 aliphatic rings. The number of hydrogen-bond acceptors (Lipinski definition) is 9. The molecule has 11 heteroatoms. The smallest absolute Gasteiger partial charge is 0.298 e. The van der Waals surface area contributed by atoms with Crippen LogP contribution in [0.1, 0.15) is 24.1 Å². The Hall–Kier alpha value is -3.17. The molecule has 0 spiro atoms. The molecular weight excluding hydrogens is 465 g/mol. The van der Waals surface area contributed by atoms with Crippen LogP contribution in [0.2, 0.25) is 0 Å². The Balaban J connectivity index is 1.94. The molecule has 172 valence electrons. The van der Waals surface area contributed by atoms with E-state index in [4.69, 9.17) is 4.74 Å². The number of carbonyl (C=O) groups excluding carboxylic acids is 1. The summed E-state index contributed by atoms with van der Waals surface area (Å²) in [6.07, 6.45) is 1.29. The topological polar surface area (TPSA) is 102 Å². The molecule has 2 N–H and O–H groups in total. The molecule has 8 nitrogen and oxygen atoms in total. The van der Waals surface area contributed by atoms with Gasteiger partial charge in [0.2, 0.25) is 10.0 Å². The van der Waals surface area contributed by atoms with Crippen LogP contribution in [0.15, 0.2) is 47.6 Å². The summed E-state index contributed by atoms with van der Waals surface area (Å²) in [7, 11) is 3.57. The van der Waals surface area contributed by atoms with Crippen LogP contribution < -0.4 is 19.7 Å². The Morgan fingerprint density at radius 1 is 1.39 bits per heavy atom. The second-order valence-corrected chi connectivity index (χ2v) is 8.75. The zero-order chi connectivity index (χ0) is 23.8. The molecule has 2 aromatic carbocycles. The lowest BCUT2D eigenvalue weighted by atomic mass is 10.00. The summed E-state index contributed by atoms with van der Waals surface area (Å²) in [5.74, 6) is 5.53. The molecule has 0 aliphatic heterocycles. The highest BCUT2D eigenvalue weighted by Gasteiger charge is 2.26. The van der Waals surface area contributed by atoms with Crippen LogP contribution in [-0.2, 0) is 16.2 Å². The van der Waals surface area contributed by atoms with Crippen LogP contribution in [0.3, 0.4) is 0 Å². The molecule has 3 rings (SSSR count). The van der Waals surface area contributed by atoms with Crippen molar-refractivity contribution in [3.63, 3.8) is 0 Å². The van der Waals surface area contributed by atoms with Gasteiger partial charge in [-0.2, -0.15) is 9.10 Å². The van der Waals surface area contributed by atoms with Crippen LogP contribution in [0.25, 0.3) is 0 Å². The standard InChI is InChI=1S/C22H22FN5O3S2/c1-15(17-9-5-4-7-16(17)8-6-10-24-2)28(3)19-11-18(23)21(12-20(19)31-14-29)33(30)27-22-25-13-26-32-22/h4-5,7,9,11-15,24H,10H2,1-3H3,(H,25,26,27)/t15-,33?/m1/s1. The fraction of sp³-hybridized carbons (Fsp3) is 0.227. The third-order valence-electron chi connectivity index (χ3n) is 4.79. The molecule has 0 bridgehead atoms. The lowest BCUT2D eigenvalue weighted by Crippen LogP contribution is -2.24. The first-order valence-electron chi connectivity index (χ1n) is 9.80. The minimum absolute atomic E-state index is 0.0712. The molecular formula is C22H22FN5O3S2. The molecule has 1 heterocycles. The zero-order valence-electron chi connectivity index (χ0n) is 18.2. The van der Waals surface area contributed by atoms with E-state index in [9.17, 15) is 13.7 Å². The molecule has 0 saturated heterocycles. The van der Waals surface area contributed by atoms with Gasteiger partial charge in [0.15, 0.2) is 11.6 Å². The van der Waals surface area contributed by atoms with Crippen LogP contribution in [0.5, 0.6) is 5.75 Å². The minimum Gasteiger partial charge on any atom is -0.588 e. The molecule has 1 aromatic heterocycles. The van der Waals surface area contributed by atoms with Gasteiger partial charge in [-0.25, -0.2) is 9.37 Å². The molecule has 33 heavy (non-hydrogen) atoms. The van der Waals surface area contributed by atoms with Gasteiger partial charge in [0, 0.05) is 36.3 Å². The summed E-state index contributed by atoms with van der Waals surface area (Å²) in [6, 6.07) is 9.85. The van der Waals surface area contributed by atoms with Gasteiger partial charge < -0.3 is 19.5 Å². The second-order valence-electron chi connectivity index (χ2n) is 6.79. The Labute approximate surface area is 198 Å². The van der Waals surface area contributed by atoms with Crippen molar-refractivity contribution in [2.75, 3.05) is 30.3 Å². The summed E-state index contributed by atoms with van der Waals surface area (Å²) < 4.78 is 39.1. The van der Waals surface area contributed by atoms with Crippen LogP contribution in [0, 0.1) is 17.7 Å². The van der Waals surface area contributed by atoms with E-state index in [1.807, 2.05) is 38.2 Å². The third kappa shape index (κ3) is 6.00. The fourth-order valence-corrected chi connectivity index (χ4v) is 4.50. The van der Waals surface area contributed by atoms with Crippen molar-refractivity contribution in [2.24, 2.45) is 0 Å². The predicted molar refractivity (Wildman–Crippen MR) is 127 cm³/mol. The highest BCUT2D eigenvalue weighted by molar-refractivity contribution is 7.93. The van der Waals surface area contributed by atoms with Crippen LogP contribution in [-0.4, -0.2) is 41.0 Å². The number of hydrogen-bond donors (Lipinski definition) is 2. The van der Waals surface area contributed by atoms with Crippen LogP contribution >= 0.6 is 11.5 Å². The maximum atomic E-state index is 15.0. The highest BCUT2D eigenvalue weighted by atomic mass is 32.2. The summed E-state index contributed by atoms with van der Waals surface area (Å²) in [5.41, 5.74) is 2.08. The number of aromatic nitrogens is 2. The first kappa shape index (κ1) is 24.5. The zero-order valence-corrected chi connectivity index (χ0v) is 19.8. The van der Waals surface area contributed by atoms with E-state index in [1.165, 1.54) is 18.5 Å². The number of benzene rings is 2. The largest absolute Gasteiger partial charge is 0.588 e. The normalized spacial score (nSPS) is 12.3. The number of ether oxygens (including phenoxy) is 1. The van der Waals surface area contributed by atoms with Gasteiger partial charge in [-0.05, 0) is 25.6 Å². The molecule has 0 fully saturated rings. The first-order valence-corrected chi connectivity index (χ1v) is 11.7.